The van der Waals surface area contributed by atoms with E-state index in [9.17, 15) is 0 Å². The van der Waals surface area contributed by atoms with E-state index in [1.54, 1.807) is 7.11 Å². The quantitative estimate of drug-likeness (QED) is 0.831. The van der Waals surface area contributed by atoms with Crippen molar-refractivity contribution in [2.24, 2.45) is 0 Å². The van der Waals surface area contributed by atoms with Crippen LogP contribution in [0.3, 0.4) is 0 Å². The standard InChI is InChI=1S/C19H26N4OS/c1-19(2,3)22-10-8-14(13-22)17-16(15-7-5-6-9-20-15)21-18(25)23(17)11-12-24-4/h5-10,13,16-17H,11-12H2,1-4H3,(H,21,25)/t16-,17-/m1/s1. The molecule has 2 aromatic rings. The lowest BCUT2D eigenvalue weighted by atomic mass is 9.99. The molecule has 3 rings (SSSR count). The Kier molecular flexibility index (Phi) is 5.11. The van der Waals surface area contributed by atoms with Crippen molar-refractivity contribution in [1.82, 2.24) is 19.8 Å². The zero-order valence-corrected chi connectivity index (χ0v) is 16.1. The number of thiocarbonyl (C=S) groups is 1. The smallest absolute Gasteiger partial charge is 0.170 e. The summed E-state index contributed by atoms with van der Waals surface area (Å²) in [6.07, 6.45) is 6.19. The summed E-state index contributed by atoms with van der Waals surface area (Å²) in [6, 6.07) is 8.31. The van der Waals surface area contributed by atoms with Gasteiger partial charge in [0, 0.05) is 37.8 Å². The summed E-state index contributed by atoms with van der Waals surface area (Å²) >= 11 is 5.61. The highest BCUT2D eigenvalue weighted by Crippen LogP contribution is 2.38. The van der Waals surface area contributed by atoms with E-state index in [-0.39, 0.29) is 17.6 Å². The van der Waals surface area contributed by atoms with Gasteiger partial charge in [-0.2, -0.15) is 0 Å². The Bertz CT molecular complexity index is 723. The first-order valence-electron chi connectivity index (χ1n) is 8.57. The van der Waals surface area contributed by atoms with E-state index in [1.165, 1.54) is 5.56 Å². The number of hydrogen-bond donors (Lipinski definition) is 1. The summed E-state index contributed by atoms with van der Waals surface area (Å²) in [5, 5.41) is 4.21. The topological polar surface area (TPSA) is 42.3 Å². The number of ether oxygens (including phenoxy) is 1. The third-order valence-corrected chi connectivity index (χ3v) is 4.92. The van der Waals surface area contributed by atoms with Crippen molar-refractivity contribution in [3.05, 3.63) is 54.1 Å². The Morgan fingerprint density at radius 1 is 1.28 bits per heavy atom. The van der Waals surface area contributed by atoms with Gasteiger partial charge in [-0.15, -0.1) is 0 Å². The van der Waals surface area contributed by atoms with Crippen LogP contribution in [0, 0.1) is 0 Å². The fourth-order valence-electron chi connectivity index (χ4n) is 3.20. The van der Waals surface area contributed by atoms with Crippen molar-refractivity contribution in [1.29, 1.82) is 0 Å². The van der Waals surface area contributed by atoms with Gasteiger partial charge in [0.25, 0.3) is 0 Å². The maximum Gasteiger partial charge on any atom is 0.170 e. The molecule has 25 heavy (non-hydrogen) atoms. The van der Waals surface area contributed by atoms with Crippen LogP contribution in [0.15, 0.2) is 42.9 Å². The minimum atomic E-state index is 0.0291. The third-order valence-electron chi connectivity index (χ3n) is 4.57. The SMILES string of the molecule is COCCN1C(=S)N[C@H](c2ccccn2)[C@H]1c1ccn(C(C)(C)C)c1. The summed E-state index contributed by atoms with van der Waals surface area (Å²) in [4.78, 5) is 6.76. The number of nitrogens with one attached hydrogen (secondary N) is 1. The number of pyridine rings is 1. The van der Waals surface area contributed by atoms with Gasteiger partial charge in [-0.05, 0) is 56.8 Å². The average molecular weight is 359 g/mol. The molecular weight excluding hydrogens is 332 g/mol. The molecule has 134 valence electrons. The number of rotatable bonds is 5. The highest BCUT2D eigenvalue weighted by atomic mass is 32.1. The Labute approximate surface area is 155 Å². The lowest BCUT2D eigenvalue weighted by Gasteiger charge is -2.27. The maximum absolute atomic E-state index is 5.61. The van der Waals surface area contributed by atoms with Crippen LogP contribution in [0.25, 0.3) is 0 Å². The van der Waals surface area contributed by atoms with Crippen LogP contribution in [0.4, 0.5) is 0 Å². The largest absolute Gasteiger partial charge is 0.383 e. The second-order valence-electron chi connectivity index (χ2n) is 7.34. The molecule has 6 heteroatoms. The average Bonchev–Trinajstić information content (AvgIpc) is 3.18. The van der Waals surface area contributed by atoms with Crippen LogP contribution in [0.1, 0.15) is 44.1 Å². The molecule has 5 nitrogen and oxygen atoms in total. The summed E-state index contributed by atoms with van der Waals surface area (Å²) in [5.74, 6) is 0. The van der Waals surface area contributed by atoms with Gasteiger partial charge in [0.1, 0.15) is 0 Å². The first-order chi connectivity index (χ1) is 11.9. The summed E-state index contributed by atoms with van der Waals surface area (Å²) in [7, 11) is 1.72. The normalized spacial score (nSPS) is 20.8. The van der Waals surface area contributed by atoms with E-state index in [1.807, 2.05) is 24.4 Å². The molecule has 1 aliphatic heterocycles. The van der Waals surface area contributed by atoms with E-state index in [2.05, 4.69) is 59.0 Å². The van der Waals surface area contributed by atoms with Gasteiger partial charge < -0.3 is 19.5 Å². The predicted octanol–water partition coefficient (Wildman–Crippen LogP) is 3.26. The van der Waals surface area contributed by atoms with Crippen molar-refractivity contribution < 1.29 is 4.74 Å². The predicted molar refractivity (Wildman–Crippen MR) is 103 cm³/mol. The Hall–Kier alpha value is -1.92. The maximum atomic E-state index is 5.61. The number of nitrogens with zero attached hydrogens (tertiary/aromatic N) is 3. The van der Waals surface area contributed by atoms with Gasteiger partial charge in [0.2, 0.25) is 0 Å². The molecule has 2 atom stereocenters. The van der Waals surface area contributed by atoms with E-state index < -0.39 is 0 Å². The van der Waals surface area contributed by atoms with E-state index >= 15 is 0 Å². The molecule has 0 aromatic carbocycles. The first kappa shape index (κ1) is 17.9. The minimum Gasteiger partial charge on any atom is -0.383 e. The van der Waals surface area contributed by atoms with Crippen molar-refractivity contribution in [3.8, 4) is 0 Å². The number of hydrogen-bond acceptors (Lipinski definition) is 3. The van der Waals surface area contributed by atoms with E-state index in [0.717, 1.165) is 17.4 Å². The molecule has 2 aromatic heterocycles. The van der Waals surface area contributed by atoms with Crippen LogP contribution < -0.4 is 5.32 Å². The zero-order chi connectivity index (χ0) is 18.0. The Morgan fingerprint density at radius 3 is 2.68 bits per heavy atom. The highest BCUT2D eigenvalue weighted by Gasteiger charge is 2.40. The molecule has 0 spiro atoms. The Morgan fingerprint density at radius 2 is 2.08 bits per heavy atom. The van der Waals surface area contributed by atoms with Crippen molar-refractivity contribution in [3.63, 3.8) is 0 Å². The zero-order valence-electron chi connectivity index (χ0n) is 15.3. The summed E-state index contributed by atoms with van der Waals surface area (Å²) in [6.45, 7) is 7.98. The molecule has 0 amide bonds. The van der Waals surface area contributed by atoms with Gasteiger partial charge >= 0.3 is 0 Å². The number of aromatic nitrogens is 2. The number of methoxy groups -OCH3 is 1. The summed E-state index contributed by atoms with van der Waals surface area (Å²) < 4.78 is 7.53. The van der Waals surface area contributed by atoms with Gasteiger partial charge in [0.05, 0.1) is 24.4 Å². The molecule has 0 unspecified atom stereocenters. The lowest BCUT2D eigenvalue weighted by molar-refractivity contribution is 0.164. The molecule has 1 N–H and O–H groups in total. The van der Waals surface area contributed by atoms with Crippen LogP contribution in [-0.2, 0) is 10.3 Å². The van der Waals surface area contributed by atoms with Gasteiger partial charge in [-0.1, -0.05) is 6.07 Å². The van der Waals surface area contributed by atoms with E-state index in [4.69, 9.17) is 17.0 Å². The van der Waals surface area contributed by atoms with E-state index in [0.29, 0.717) is 6.61 Å². The molecule has 1 saturated heterocycles. The second-order valence-corrected chi connectivity index (χ2v) is 7.72. The first-order valence-corrected chi connectivity index (χ1v) is 8.98. The molecule has 0 saturated carbocycles. The second kappa shape index (κ2) is 7.14. The monoisotopic (exact) mass is 358 g/mol. The van der Waals surface area contributed by atoms with Gasteiger partial charge in [-0.3, -0.25) is 4.98 Å². The lowest BCUT2D eigenvalue weighted by Crippen LogP contribution is -2.32. The van der Waals surface area contributed by atoms with Crippen molar-refractivity contribution in [2.45, 2.75) is 38.4 Å². The highest BCUT2D eigenvalue weighted by molar-refractivity contribution is 7.80. The fourth-order valence-corrected chi connectivity index (χ4v) is 3.54. The van der Waals surface area contributed by atoms with Crippen LogP contribution in [-0.4, -0.2) is 39.8 Å². The molecule has 0 aliphatic carbocycles. The van der Waals surface area contributed by atoms with Crippen LogP contribution in [0.2, 0.25) is 0 Å². The van der Waals surface area contributed by atoms with Gasteiger partial charge in [0.15, 0.2) is 5.11 Å². The van der Waals surface area contributed by atoms with Gasteiger partial charge in [-0.25, -0.2) is 0 Å². The fraction of sp³-hybridized carbons (Fsp3) is 0.474. The molecule has 3 heterocycles. The molecule has 1 aliphatic rings. The Balaban J connectivity index is 1.98. The minimum absolute atomic E-state index is 0.0291. The third kappa shape index (κ3) is 3.70. The molecule has 1 fully saturated rings. The van der Waals surface area contributed by atoms with Crippen molar-refractivity contribution >= 4 is 17.3 Å². The molecule has 0 bridgehead atoms. The van der Waals surface area contributed by atoms with Crippen molar-refractivity contribution in [2.75, 3.05) is 20.3 Å². The molecule has 0 radical (unpaired) electrons. The van der Waals surface area contributed by atoms with Crippen LogP contribution >= 0.6 is 12.2 Å². The van der Waals surface area contributed by atoms with Crippen LogP contribution in [0.5, 0.6) is 0 Å². The summed E-state index contributed by atoms with van der Waals surface area (Å²) in [5.41, 5.74) is 2.27. The molecular formula is C19H26N4OS.